The maximum absolute atomic E-state index is 6.42. The van der Waals surface area contributed by atoms with Crippen molar-refractivity contribution in [1.29, 1.82) is 0 Å². The van der Waals surface area contributed by atoms with Gasteiger partial charge in [-0.3, -0.25) is 4.68 Å². The number of rotatable bonds is 6. The molecule has 1 saturated heterocycles. The van der Waals surface area contributed by atoms with Crippen LogP contribution in [0.1, 0.15) is 25.2 Å². The van der Waals surface area contributed by atoms with Crippen molar-refractivity contribution in [3.63, 3.8) is 0 Å². The van der Waals surface area contributed by atoms with Crippen molar-refractivity contribution < 1.29 is 4.74 Å². The van der Waals surface area contributed by atoms with E-state index in [2.05, 4.69) is 24.3 Å². The zero-order valence-corrected chi connectivity index (χ0v) is 14.1. The van der Waals surface area contributed by atoms with E-state index in [0.717, 1.165) is 54.0 Å². The van der Waals surface area contributed by atoms with E-state index < -0.39 is 0 Å². The van der Waals surface area contributed by atoms with Crippen LogP contribution in [0.15, 0.2) is 0 Å². The summed E-state index contributed by atoms with van der Waals surface area (Å²) < 4.78 is 7.94. The molecule has 4 nitrogen and oxygen atoms in total. The Labute approximate surface area is 130 Å². The Bertz CT molecular complexity index is 432. The third kappa shape index (κ3) is 3.70. The van der Waals surface area contributed by atoms with E-state index in [9.17, 15) is 0 Å². The van der Waals surface area contributed by atoms with Crippen molar-refractivity contribution in [2.45, 2.75) is 45.9 Å². The van der Waals surface area contributed by atoms with Gasteiger partial charge in [0.25, 0.3) is 0 Å². The second-order valence-corrected chi connectivity index (χ2v) is 6.54. The Balaban J connectivity index is 2.14. The Morgan fingerprint density at radius 3 is 2.95 bits per heavy atom. The van der Waals surface area contributed by atoms with E-state index in [1.807, 2.05) is 23.4 Å². The van der Waals surface area contributed by atoms with E-state index in [1.54, 1.807) is 0 Å². The van der Waals surface area contributed by atoms with Crippen molar-refractivity contribution >= 4 is 23.4 Å². The highest BCUT2D eigenvalue weighted by molar-refractivity contribution is 7.99. The smallest absolute Gasteiger partial charge is 0.0847 e. The van der Waals surface area contributed by atoms with E-state index in [4.69, 9.17) is 16.3 Å². The fourth-order valence-electron chi connectivity index (χ4n) is 2.61. The summed E-state index contributed by atoms with van der Waals surface area (Å²) in [7, 11) is 0. The number of likely N-dealkylation sites (N-methyl/N-ethyl adjacent to an activating group) is 1. The monoisotopic (exact) mass is 317 g/mol. The summed E-state index contributed by atoms with van der Waals surface area (Å²) >= 11 is 8.39. The zero-order chi connectivity index (χ0) is 14.5. The zero-order valence-electron chi connectivity index (χ0n) is 12.5. The number of nitrogens with one attached hydrogen (secondary N) is 1. The molecule has 0 saturated carbocycles. The molecular weight excluding hydrogens is 294 g/mol. The second-order valence-electron chi connectivity index (χ2n) is 5.01. The lowest BCUT2D eigenvalue weighted by Crippen LogP contribution is -2.46. The molecule has 1 aliphatic rings. The lowest BCUT2D eigenvalue weighted by atomic mass is 10.1. The molecule has 2 unspecified atom stereocenters. The molecule has 1 fully saturated rings. The molecule has 2 rings (SSSR count). The van der Waals surface area contributed by atoms with Crippen molar-refractivity contribution in [2.24, 2.45) is 0 Å². The van der Waals surface area contributed by atoms with Crippen molar-refractivity contribution in [3.8, 4) is 0 Å². The predicted molar refractivity (Wildman–Crippen MR) is 85.9 cm³/mol. The van der Waals surface area contributed by atoms with Crippen LogP contribution in [-0.2, 0) is 17.7 Å². The van der Waals surface area contributed by atoms with Crippen LogP contribution < -0.4 is 5.32 Å². The SMILES string of the molecule is CCNC(Cc1c(Cl)c(C)nn1CC)C1CSCCO1. The van der Waals surface area contributed by atoms with Gasteiger partial charge in [0.05, 0.1) is 29.1 Å². The molecule has 1 aromatic heterocycles. The first-order valence-electron chi connectivity index (χ1n) is 7.31. The van der Waals surface area contributed by atoms with Crippen LogP contribution in [0.2, 0.25) is 5.02 Å². The highest BCUT2D eigenvalue weighted by atomic mass is 35.5. The normalized spacial score (nSPS) is 21.1. The van der Waals surface area contributed by atoms with Gasteiger partial charge in [-0.05, 0) is 20.4 Å². The van der Waals surface area contributed by atoms with Crippen molar-refractivity contribution in [1.82, 2.24) is 15.1 Å². The molecule has 0 aromatic carbocycles. The summed E-state index contributed by atoms with van der Waals surface area (Å²) in [4.78, 5) is 0. The molecule has 20 heavy (non-hydrogen) atoms. The summed E-state index contributed by atoms with van der Waals surface area (Å²) in [5, 5.41) is 8.85. The molecule has 2 atom stereocenters. The van der Waals surface area contributed by atoms with Crippen LogP contribution in [0.5, 0.6) is 0 Å². The summed E-state index contributed by atoms with van der Waals surface area (Å²) in [5.74, 6) is 2.15. The van der Waals surface area contributed by atoms with Gasteiger partial charge in [-0.15, -0.1) is 0 Å². The van der Waals surface area contributed by atoms with Crippen LogP contribution in [0.4, 0.5) is 0 Å². The highest BCUT2D eigenvalue weighted by Crippen LogP contribution is 2.24. The van der Waals surface area contributed by atoms with Crippen LogP contribution in [0.25, 0.3) is 0 Å². The van der Waals surface area contributed by atoms with Gasteiger partial charge in [-0.1, -0.05) is 18.5 Å². The average molecular weight is 318 g/mol. The average Bonchev–Trinajstić information content (AvgIpc) is 2.75. The highest BCUT2D eigenvalue weighted by Gasteiger charge is 2.27. The van der Waals surface area contributed by atoms with Gasteiger partial charge in [0, 0.05) is 30.5 Å². The summed E-state index contributed by atoms with van der Waals surface area (Å²) in [6.45, 7) is 8.83. The van der Waals surface area contributed by atoms with E-state index in [1.165, 1.54) is 0 Å². The predicted octanol–water partition coefficient (Wildman–Crippen LogP) is 2.52. The standard InChI is InChI=1S/C14H24ClN3OS/c1-4-16-11(13-9-20-7-6-19-13)8-12-14(15)10(3)17-18(12)5-2/h11,13,16H,4-9H2,1-3H3. The Morgan fingerprint density at radius 2 is 2.35 bits per heavy atom. The summed E-state index contributed by atoms with van der Waals surface area (Å²) in [5.41, 5.74) is 2.04. The fourth-order valence-corrected chi connectivity index (χ4v) is 3.76. The van der Waals surface area contributed by atoms with Gasteiger partial charge in [0.15, 0.2) is 0 Å². The Morgan fingerprint density at radius 1 is 1.55 bits per heavy atom. The summed E-state index contributed by atoms with van der Waals surface area (Å²) in [6.07, 6.45) is 1.12. The summed E-state index contributed by atoms with van der Waals surface area (Å²) in [6, 6.07) is 0.298. The molecule has 114 valence electrons. The minimum absolute atomic E-state index is 0.255. The molecule has 6 heteroatoms. The first kappa shape index (κ1) is 16.1. The quantitative estimate of drug-likeness (QED) is 0.875. The van der Waals surface area contributed by atoms with Crippen molar-refractivity contribution in [3.05, 3.63) is 16.4 Å². The molecule has 0 aliphatic carbocycles. The van der Waals surface area contributed by atoms with Gasteiger partial charge < -0.3 is 10.1 Å². The maximum Gasteiger partial charge on any atom is 0.0847 e. The minimum atomic E-state index is 0.255. The molecular formula is C14H24ClN3OS. The number of thioether (sulfide) groups is 1. The third-order valence-corrected chi connectivity index (χ3v) is 5.13. The Kier molecular flexibility index (Phi) is 6.20. The number of ether oxygens (including phenoxy) is 1. The van der Waals surface area contributed by atoms with Crippen LogP contribution >= 0.6 is 23.4 Å². The first-order valence-corrected chi connectivity index (χ1v) is 8.85. The number of aromatic nitrogens is 2. The van der Waals surface area contributed by atoms with Crippen LogP contribution in [0, 0.1) is 6.92 Å². The van der Waals surface area contributed by atoms with Crippen molar-refractivity contribution in [2.75, 3.05) is 24.7 Å². The second kappa shape index (κ2) is 7.69. The van der Waals surface area contributed by atoms with E-state index in [-0.39, 0.29) is 6.10 Å². The minimum Gasteiger partial charge on any atom is -0.375 e. The van der Waals surface area contributed by atoms with E-state index >= 15 is 0 Å². The largest absolute Gasteiger partial charge is 0.375 e. The topological polar surface area (TPSA) is 39.1 Å². The molecule has 1 aliphatic heterocycles. The fraction of sp³-hybridized carbons (Fsp3) is 0.786. The molecule has 1 aromatic rings. The Hall–Kier alpha value is -0.230. The molecule has 0 amide bonds. The van der Waals surface area contributed by atoms with Crippen LogP contribution in [0.3, 0.4) is 0 Å². The lowest BCUT2D eigenvalue weighted by molar-refractivity contribution is 0.0471. The lowest BCUT2D eigenvalue weighted by Gasteiger charge is -2.31. The van der Waals surface area contributed by atoms with Crippen LogP contribution in [-0.4, -0.2) is 46.6 Å². The third-order valence-electron chi connectivity index (χ3n) is 3.62. The maximum atomic E-state index is 6.42. The molecule has 1 N–H and O–H groups in total. The van der Waals surface area contributed by atoms with Gasteiger partial charge >= 0.3 is 0 Å². The molecule has 0 spiro atoms. The van der Waals surface area contributed by atoms with Gasteiger partial charge in [-0.2, -0.15) is 16.9 Å². The number of hydrogen-bond donors (Lipinski definition) is 1. The van der Waals surface area contributed by atoms with Gasteiger partial charge in [0.2, 0.25) is 0 Å². The van der Waals surface area contributed by atoms with Gasteiger partial charge in [-0.25, -0.2) is 0 Å². The van der Waals surface area contributed by atoms with E-state index in [0.29, 0.717) is 6.04 Å². The first-order chi connectivity index (χ1) is 9.67. The molecule has 2 heterocycles. The molecule has 0 radical (unpaired) electrons. The number of hydrogen-bond acceptors (Lipinski definition) is 4. The van der Waals surface area contributed by atoms with Gasteiger partial charge in [0.1, 0.15) is 0 Å². The number of nitrogens with zero attached hydrogens (tertiary/aromatic N) is 2. The molecule has 0 bridgehead atoms. The number of halogens is 1. The number of aryl methyl sites for hydroxylation is 2.